The lowest BCUT2D eigenvalue weighted by molar-refractivity contribution is -0.117. The molecule has 96 valence electrons. The number of hydrogen-bond acceptors (Lipinski definition) is 4. The zero-order valence-electron chi connectivity index (χ0n) is 9.91. The number of hydrogen-bond donors (Lipinski definition) is 1. The van der Waals surface area contributed by atoms with Crippen LogP contribution in [0.3, 0.4) is 0 Å². The predicted molar refractivity (Wildman–Crippen MR) is 72.3 cm³/mol. The molecule has 1 aromatic carbocycles. The maximum Gasteiger partial charge on any atom is 0.199 e. The number of halogens is 2. The minimum Gasteiger partial charge on any atom is -0.334 e. The van der Waals surface area contributed by atoms with Crippen LogP contribution in [0, 0.1) is 5.82 Å². The van der Waals surface area contributed by atoms with Crippen molar-refractivity contribution in [2.75, 3.05) is 25.0 Å². The molecule has 0 saturated carbocycles. The third-order valence-corrected chi connectivity index (χ3v) is 3.20. The second kappa shape index (κ2) is 5.48. The van der Waals surface area contributed by atoms with E-state index in [-0.39, 0.29) is 18.1 Å². The quantitative estimate of drug-likeness (QED) is 0.931. The fourth-order valence-electron chi connectivity index (χ4n) is 1.75. The molecule has 1 aliphatic heterocycles. The fourth-order valence-corrected chi connectivity index (χ4v) is 2.19. The fraction of sp³-hybridized carbons (Fsp3) is 0.333. The normalized spacial score (nSPS) is 14.6. The average Bonchev–Trinajstić information content (AvgIpc) is 2.70. The van der Waals surface area contributed by atoms with E-state index in [0.29, 0.717) is 29.2 Å². The smallest absolute Gasteiger partial charge is 0.199 e. The summed E-state index contributed by atoms with van der Waals surface area (Å²) in [5.74, 6) is 0.233. The summed E-state index contributed by atoms with van der Waals surface area (Å²) in [5, 5.41) is 2.93. The van der Waals surface area contributed by atoms with Crippen LogP contribution in [0.15, 0.2) is 27.7 Å². The van der Waals surface area contributed by atoms with Crippen LogP contribution in [-0.2, 0) is 4.79 Å². The Morgan fingerprint density at radius 3 is 3.06 bits per heavy atom. The van der Waals surface area contributed by atoms with Gasteiger partial charge in [0, 0.05) is 11.0 Å². The number of rotatable bonds is 3. The van der Waals surface area contributed by atoms with E-state index >= 15 is 0 Å². The predicted octanol–water partition coefficient (Wildman–Crippen LogP) is 2.26. The average molecular weight is 314 g/mol. The molecule has 1 N–H and O–H groups in total. The van der Waals surface area contributed by atoms with Gasteiger partial charge in [0.2, 0.25) is 0 Å². The first-order valence-electron chi connectivity index (χ1n) is 5.58. The van der Waals surface area contributed by atoms with Crippen LogP contribution in [0.2, 0.25) is 0 Å². The van der Waals surface area contributed by atoms with E-state index in [4.69, 9.17) is 0 Å². The maximum atomic E-state index is 13.7. The Morgan fingerprint density at radius 2 is 2.39 bits per heavy atom. The van der Waals surface area contributed by atoms with E-state index in [2.05, 4.69) is 26.2 Å². The van der Waals surface area contributed by atoms with Crippen molar-refractivity contribution in [3.05, 3.63) is 28.5 Å². The van der Waals surface area contributed by atoms with Crippen LogP contribution in [0.25, 0.3) is 0 Å². The van der Waals surface area contributed by atoms with Crippen LogP contribution < -0.4 is 5.32 Å². The molecule has 1 heterocycles. The Labute approximate surface area is 113 Å². The molecule has 0 radical (unpaired) electrons. The van der Waals surface area contributed by atoms with Crippen LogP contribution in [-0.4, -0.2) is 36.3 Å². The van der Waals surface area contributed by atoms with Crippen LogP contribution in [0.1, 0.15) is 6.92 Å². The van der Waals surface area contributed by atoms with Crippen LogP contribution in [0.5, 0.6) is 0 Å². The second-order valence-corrected chi connectivity index (χ2v) is 4.90. The van der Waals surface area contributed by atoms with Gasteiger partial charge in [-0.2, -0.15) is 0 Å². The molecule has 6 heteroatoms. The van der Waals surface area contributed by atoms with E-state index < -0.39 is 0 Å². The largest absolute Gasteiger partial charge is 0.334 e. The summed E-state index contributed by atoms with van der Waals surface area (Å²) in [5.41, 5.74) is 0.340. The van der Waals surface area contributed by atoms with Gasteiger partial charge in [-0.3, -0.25) is 9.79 Å². The summed E-state index contributed by atoms with van der Waals surface area (Å²) < 4.78 is 14.3. The molecular weight excluding hydrogens is 301 g/mol. The van der Waals surface area contributed by atoms with E-state index in [9.17, 15) is 9.18 Å². The summed E-state index contributed by atoms with van der Waals surface area (Å²) >= 11 is 3.28. The van der Waals surface area contributed by atoms with E-state index in [1.807, 2.05) is 0 Å². The van der Waals surface area contributed by atoms with Crippen molar-refractivity contribution in [1.82, 2.24) is 4.90 Å². The Bertz CT molecular complexity index is 484. The summed E-state index contributed by atoms with van der Waals surface area (Å²) in [6.45, 7) is 3.10. The lowest BCUT2D eigenvalue weighted by Gasteiger charge is -2.20. The molecule has 0 unspecified atom stereocenters. The van der Waals surface area contributed by atoms with Crippen molar-refractivity contribution in [3.63, 3.8) is 0 Å². The van der Waals surface area contributed by atoms with Gasteiger partial charge in [0.05, 0.1) is 18.8 Å². The van der Waals surface area contributed by atoms with Crippen LogP contribution >= 0.6 is 15.9 Å². The molecule has 0 fully saturated rings. The first-order valence-corrected chi connectivity index (χ1v) is 6.37. The van der Waals surface area contributed by atoms with Crippen molar-refractivity contribution in [1.29, 1.82) is 0 Å². The SMILES string of the molecule is CC(=O)CN1CCN=C1Nc1c(F)cccc1Br. The second-order valence-electron chi connectivity index (χ2n) is 4.05. The topological polar surface area (TPSA) is 44.7 Å². The first kappa shape index (κ1) is 13.0. The highest BCUT2D eigenvalue weighted by atomic mass is 79.9. The number of carbonyl (C=O) groups is 1. The molecule has 2 rings (SSSR count). The summed E-state index contributed by atoms with van der Waals surface area (Å²) in [7, 11) is 0. The highest BCUT2D eigenvalue weighted by Gasteiger charge is 2.20. The highest BCUT2D eigenvalue weighted by Crippen LogP contribution is 2.25. The molecule has 1 aliphatic rings. The molecule has 0 bridgehead atoms. The van der Waals surface area contributed by atoms with E-state index in [1.165, 1.54) is 13.0 Å². The highest BCUT2D eigenvalue weighted by molar-refractivity contribution is 9.10. The number of carbonyl (C=O) groups excluding carboxylic acids is 1. The number of Topliss-reactive ketones (excluding diaryl/α,β-unsaturated/α-hetero) is 1. The zero-order chi connectivity index (χ0) is 13.1. The third-order valence-electron chi connectivity index (χ3n) is 2.54. The lowest BCUT2D eigenvalue weighted by Crippen LogP contribution is -2.36. The summed E-state index contributed by atoms with van der Waals surface area (Å²) in [6.07, 6.45) is 0. The number of guanidine groups is 1. The molecule has 0 aliphatic carbocycles. The van der Waals surface area contributed by atoms with E-state index in [1.54, 1.807) is 17.0 Å². The van der Waals surface area contributed by atoms with Gasteiger partial charge in [-0.15, -0.1) is 0 Å². The molecule has 0 aromatic heterocycles. The lowest BCUT2D eigenvalue weighted by atomic mass is 10.3. The van der Waals surface area contributed by atoms with Crippen molar-refractivity contribution in [2.24, 2.45) is 4.99 Å². The Hall–Kier alpha value is -1.43. The molecule has 0 spiro atoms. The molecule has 4 nitrogen and oxygen atoms in total. The molecular formula is C12H13BrFN3O. The van der Waals surface area contributed by atoms with Gasteiger partial charge in [-0.25, -0.2) is 4.39 Å². The molecule has 0 atom stereocenters. The molecule has 0 amide bonds. The molecule has 18 heavy (non-hydrogen) atoms. The van der Waals surface area contributed by atoms with Crippen molar-refractivity contribution in [3.8, 4) is 0 Å². The Morgan fingerprint density at radius 1 is 1.61 bits per heavy atom. The van der Waals surface area contributed by atoms with Crippen LogP contribution in [0.4, 0.5) is 10.1 Å². The minimum absolute atomic E-state index is 0.0546. The number of nitrogens with zero attached hydrogens (tertiary/aromatic N) is 2. The van der Waals surface area contributed by atoms with Gasteiger partial charge in [0.1, 0.15) is 11.6 Å². The molecule has 0 saturated heterocycles. The number of anilines is 1. The standard InChI is InChI=1S/C12H13BrFN3O/c1-8(18)7-17-6-5-15-12(17)16-11-9(13)3-2-4-10(11)14/h2-4H,5-7H2,1H3,(H,15,16). The number of ketones is 1. The zero-order valence-corrected chi connectivity index (χ0v) is 11.5. The number of para-hydroxylation sites is 1. The summed E-state index contributed by atoms with van der Waals surface area (Å²) in [6, 6.07) is 4.74. The van der Waals surface area contributed by atoms with Crippen molar-refractivity contribution >= 4 is 33.4 Å². The minimum atomic E-state index is -0.359. The van der Waals surface area contributed by atoms with Crippen molar-refractivity contribution in [2.45, 2.75) is 6.92 Å². The van der Waals surface area contributed by atoms with Crippen molar-refractivity contribution < 1.29 is 9.18 Å². The third kappa shape index (κ3) is 2.87. The summed E-state index contributed by atoms with van der Waals surface area (Å²) in [4.78, 5) is 17.2. The van der Waals surface area contributed by atoms with Gasteiger partial charge in [0.15, 0.2) is 5.96 Å². The monoisotopic (exact) mass is 313 g/mol. The van der Waals surface area contributed by atoms with Gasteiger partial charge in [-0.1, -0.05) is 6.07 Å². The van der Waals surface area contributed by atoms with Gasteiger partial charge in [-0.05, 0) is 35.0 Å². The molecule has 1 aromatic rings. The Kier molecular flexibility index (Phi) is 3.96. The maximum absolute atomic E-state index is 13.7. The van der Waals surface area contributed by atoms with Gasteiger partial charge in [0.25, 0.3) is 0 Å². The number of benzene rings is 1. The number of nitrogens with one attached hydrogen (secondary N) is 1. The van der Waals surface area contributed by atoms with Gasteiger partial charge >= 0.3 is 0 Å². The first-order chi connectivity index (χ1) is 8.58. The number of aliphatic imine (C=N–C) groups is 1. The van der Waals surface area contributed by atoms with E-state index in [0.717, 1.165) is 0 Å². The Balaban J connectivity index is 2.16. The van der Waals surface area contributed by atoms with Gasteiger partial charge < -0.3 is 10.2 Å².